The van der Waals surface area contributed by atoms with Crippen molar-refractivity contribution in [1.82, 2.24) is 5.32 Å². The zero-order chi connectivity index (χ0) is 22.4. The Hall–Kier alpha value is -1.15. The summed E-state index contributed by atoms with van der Waals surface area (Å²) in [5.41, 5.74) is 7.34. The maximum atomic E-state index is 12.6. The van der Waals surface area contributed by atoms with Crippen molar-refractivity contribution in [2.75, 3.05) is 54.0 Å². The van der Waals surface area contributed by atoms with Gasteiger partial charge in [-0.25, -0.2) is 4.57 Å². The van der Waals surface area contributed by atoms with Crippen LogP contribution in [0.2, 0.25) is 0 Å². The average molecular weight is 437 g/mol. The molecule has 0 aromatic carbocycles. The molecule has 0 bridgehead atoms. The smallest absolute Gasteiger partial charge is 0.356 e. The number of amides is 1. The predicted molar refractivity (Wildman–Crippen MR) is 113 cm³/mol. The van der Waals surface area contributed by atoms with Crippen molar-refractivity contribution in [3.05, 3.63) is 10.4 Å². The molecular weight excluding hydrogens is 397 g/mol. The first-order chi connectivity index (χ1) is 13.5. The molecule has 29 heavy (non-hydrogen) atoms. The van der Waals surface area contributed by atoms with Crippen LogP contribution in [0.1, 0.15) is 52.4 Å². The molecule has 1 amide bonds. The lowest BCUT2D eigenvalue weighted by Gasteiger charge is -2.28. The number of carbonyl (C=O) groups excluding carboxylic acids is 1. The number of quaternary nitrogens is 1. The zero-order valence-electron chi connectivity index (χ0n) is 18.6. The van der Waals surface area contributed by atoms with E-state index >= 15 is 0 Å². The number of rotatable bonds is 17. The summed E-state index contributed by atoms with van der Waals surface area (Å²) in [7, 11) is 1.47. The van der Waals surface area contributed by atoms with Crippen molar-refractivity contribution < 1.29 is 27.8 Å². The molecule has 0 saturated carbocycles. The predicted octanol–water partition coefficient (Wildman–Crippen LogP) is 3.62. The monoisotopic (exact) mass is 436 g/mol. The first-order valence-electron chi connectivity index (χ1n) is 10.2. The quantitative estimate of drug-likeness (QED) is 0.0897. The van der Waals surface area contributed by atoms with E-state index < -0.39 is 19.8 Å². The van der Waals surface area contributed by atoms with Gasteiger partial charge in [0.1, 0.15) is 13.2 Å². The van der Waals surface area contributed by atoms with Crippen LogP contribution in [0.5, 0.6) is 0 Å². The summed E-state index contributed by atoms with van der Waals surface area (Å²) in [4.78, 5) is 25.1. The van der Waals surface area contributed by atoms with Gasteiger partial charge in [0, 0.05) is 18.0 Å². The van der Waals surface area contributed by atoms with Crippen LogP contribution in [0.3, 0.4) is 0 Å². The average Bonchev–Trinajstić information content (AvgIpc) is 2.62. The van der Waals surface area contributed by atoms with Crippen LogP contribution in [0, 0.1) is 5.41 Å². The Morgan fingerprint density at radius 2 is 1.83 bits per heavy atom. The number of phosphoric acid groups is 1. The number of hydrogen-bond acceptors (Lipinski definition) is 5. The molecule has 11 heteroatoms. The molecule has 0 aliphatic rings. The molecule has 170 valence electrons. The van der Waals surface area contributed by atoms with Crippen LogP contribution < -0.4 is 5.32 Å². The first kappa shape index (κ1) is 27.8. The normalized spacial score (nSPS) is 15.8. The minimum absolute atomic E-state index is 0.0363. The SMILES string of the molecule is CCCCCCCCNC(=O)C(C)(CN=[N+]=[N-])COP(=O)(O)OCC[N+](C)(C)C. The van der Waals surface area contributed by atoms with Crippen molar-refractivity contribution in [3.63, 3.8) is 0 Å². The zero-order valence-corrected chi connectivity index (χ0v) is 19.5. The minimum atomic E-state index is -4.32. The number of carbonyl (C=O) groups is 1. The Kier molecular flexibility index (Phi) is 13.4. The van der Waals surface area contributed by atoms with E-state index in [1.807, 2.05) is 21.1 Å². The van der Waals surface area contributed by atoms with Gasteiger partial charge in [-0.15, -0.1) is 0 Å². The van der Waals surface area contributed by atoms with Gasteiger partial charge in [0.15, 0.2) is 0 Å². The van der Waals surface area contributed by atoms with E-state index in [9.17, 15) is 14.3 Å². The number of unbranched alkanes of at least 4 members (excludes halogenated alkanes) is 5. The largest absolute Gasteiger partial charge is 0.472 e. The maximum Gasteiger partial charge on any atom is 0.472 e. The fourth-order valence-electron chi connectivity index (χ4n) is 2.38. The van der Waals surface area contributed by atoms with Gasteiger partial charge in [0.25, 0.3) is 0 Å². The van der Waals surface area contributed by atoms with E-state index in [0.717, 1.165) is 19.3 Å². The van der Waals surface area contributed by atoms with Crippen LogP contribution >= 0.6 is 7.82 Å². The standard InChI is InChI=1S/C18H38N5O5P/c1-6-7-8-9-10-11-12-20-17(24)18(2,15-21-22-19)16-28-29(25,26)27-14-13-23(3,4)5/h6-16H2,1-5H3,(H-,20,24,25,26)/p+1. The van der Waals surface area contributed by atoms with Crippen LogP contribution in [-0.2, 0) is 18.4 Å². The molecule has 0 rings (SSSR count). The fraction of sp³-hybridized carbons (Fsp3) is 0.944. The molecule has 2 atom stereocenters. The number of azide groups is 1. The third kappa shape index (κ3) is 14.5. The minimum Gasteiger partial charge on any atom is -0.356 e. The summed E-state index contributed by atoms with van der Waals surface area (Å²) in [6.45, 7) is 4.15. The molecule has 0 aromatic rings. The highest BCUT2D eigenvalue weighted by Crippen LogP contribution is 2.44. The van der Waals surface area contributed by atoms with E-state index in [4.69, 9.17) is 14.6 Å². The third-order valence-electron chi connectivity index (χ3n) is 4.41. The second-order valence-electron chi connectivity index (χ2n) is 8.56. The van der Waals surface area contributed by atoms with Crippen molar-refractivity contribution in [2.45, 2.75) is 52.4 Å². The molecular formula is C18H39N5O5P+. The summed E-state index contributed by atoms with van der Waals surface area (Å²) in [6.07, 6.45) is 6.58. The van der Waals surface area contributed by atoms with Crippen molar-refractivity contribution in [2.24, 2.45) is 10.5 Å². The Bertz CT molecular complexity index is 577. The molecule has 0 aliphatic carbocycles. The molecule has 2 unspecified atom stereocenters. The molecule has 2 N–H and O–H groups in total. The Morgan fingerprint density at radius 1 is 1.21 bits per heavy atom. The van der Waals surface area contributed by atoms with Crippen LogP contribution in [0.25, 0.3) is 10.4 Å². The molecule has 0 heterocycles. The topological polar surface area (TPSA) is 134 Å². The molecule has 0 spiro atoms. The highest BCUT2D eigenvalue weighted by atomic mass is 31.2. The molecule has 0 fully saturated rings. The second-order valence-corrected chi connectivity index (χ2v) is 10.0. The summed E-state index contributed by atoms with van der Waals surface area (Å²) in [6, 6.07) is 0. The van der Waals surface area contributed by atoms with E-state index in [0.29, 0.717) is 17.6 Å². The number of likely N-dealkylation sites (N-methyl/N-ethyl adjacent to an activating group) is 1. The second kappa shape index (κ2) is 14.0. The number of nitrogens with zero attached hydrogens (tertiary/aromatic N) is 4. The number of hydrogen-bond donors (Lipinski definition) is 2. The molecule has 0 radical (unpaired) electrons. The highest BCUT2D eigenvalue weighted by Gasteiger charge is 2.36. The fourth-order valence-corrected chi connectivity index (χ4v) is 3.22. The van der Waals surface area contributed by atoms with E-state index in [1.54, 1.807) is 0 Å². The lowest BCUT2D eigenvalue weighted by molar-refractivity contribution is -0.870. The van der Waals surface area contributed by atoms with Gasteiger partial charge in [-0.05, 0) is 18.9 Å². The Balaban J connectivity index is 4.60. The molecule has 0 saturated heterocycles. The van der Waals surface area contributed by atoms with E-state index in [2.05, 4.69) is 22.3 Å². The van der Waals surface area contributed by atoms with Crippen LogP contribution in [0.4, 0.5) is 0 Å². The molecule has 0 aromatic heterocycles. The summed E-state index contributed by atoms with van der Waals surface area (Å²) < 4.78 is 22.7. The van der Waals surface area contributed by atoms with E-state index in [-0.39, 0.29) is 19.1 Å². The Labute approximate surface area is 174 Å². The van der Waals surface area contributed by atoms with Crippen LogP contribution in [-0.4, -0.2) is 69.3 Å². The van der Waals surface area contributed by atoms with Gasteiger partial charge in [-0.2, -0.15) is 0 Å². The molecule has 0 aliphatic heterocycles. The Morgan fingerprint density at radius 3 is 2.41 bits per heavy atom. The molecule has 10 nitrogen and oxygen atoms in total. The van der Waals surface area contributed by atoms with Gasteiger partial charge in [-0.3, -0.25) is 13.8 Å². The number of phosphoric ester groups is 1. The van der Waals surface area contributed by atoms with Gasteiger partial charge in [0.2, 0.25) is 5.91 Å². The highest BCUT2D eigenvalue weighted by molar-refractivity contribution is 7.47. The van der Waals surface area contributed by atoms with Gasteiger partial charge < -0.3 is 14.7 Å². The van der Waals surface area contributed by atoms with Crippen molar-refractivity contribution in [1.29, 1.82) is 0 Å². The van der Waals surface area contributed by atoms with E-state index in [1.165, 1.54) is 26.2 Å². The maximum absolute atomic E-state index is 12.6. The van der Waals surface area contributed by atoms with Gasteiger partial charge in [-0.1, -0.05) is 44.1 Å². The third-order valence-corrected chi connectivity index (χ3v) is 5.37. The van der Waals surface area contributed by atoms with Gasteiger partial charge in [0.05, 0.1) is 33.2 Å². The van der Waals surface area contributed by atoms with Crippen LogP contribution in [0.15, 0.2) is 5.11 Å². The first-order valence-corrected chi connectivity index (χ1v) is 11.7. The van der Waals surface area contributed by atoms with Gasteiger partial charge >= 0.3 is 7.82 Å². The summed E-state index contributed by atoms with van der Waals surface area (Å²) in [5.74, 6) is -0.384. The summed E-state index contributed by atoms with van der Waals surface area (Å²) in [5, 5.41) is 6.27. The number of nitrogens with one attached hydrogen (secondary N) is 1. The van der Waals surface area contributed by atoms with Crippen molar-refractivity contribution >= 4 is 13.7 Å². The lowest BCUT2D eigenvalue weighted by atomic mass is 9.91. The lowest BCUT2D eigenvalue weighted by Crippen LogP contribution is -2.44. The summed E-state index contributed by atoms with van der Waals surface area (Å²) >= 11 is 0. The van der Waals surface area contributed by atoms with Crippen molar-refractivity contribution in [3.8, 4) is 0 Å².